The Morgan fingerprint density at radius 3 is 0.791 bits per heavy atom. The highest BCUT2D eigenvalue weighted by molar-refractivity contribution is 6.01. The van der Waals surface area contributed by atoms with Crippen LogP contribution in [0.25, 0.3) is 90.9 Å². The number of anilines is 2. The number of carboxylic acids is 2. The number of carbonyl (C=O) groups is 6. The van der Waals surface area contributed by atoms with Crippen LogP contribution < -0.4 is 21.3 Å². The Balaban J connectivity index is 0.777. The molecule has 30 nitrogen and oxygen atoms in total. The minimum absolute atomic E-state index is 0.196. The second-order valence-electron chi connectivity index (χ2n) is 24.2. The van der Waals surface area contributed by atoms with E-state index in [1.165, 1.54) is 0 Å². The molecule has 3 aromatic heterocycles. The highest BCUT2D eigenvalue weighted by atomic mass is 16.6. The van der Waals surface area contributed by atoms with Crippen molar-refractivity contribution in [3.8, 4) is 44.5 Å². The molecule has 0 saturated heterocycles. The van der Waals surface area contributed by atoms with Crippen molar-refractivity contribution >= 4 is 93.3 Å². The molecule has 8 N–H and O–H groups in total. The van der Waals surface area contributed by atoms with Gasteiger partial charge in [0.05, 0.1) is 168 Å². The lowest BCUT2D eigenvalue weighted by Crippen LogP contribution is -2.32. The number of fused-ring (bicyclic) bond motifs is 8. The summed E-state index contributed by atoms with van der Waals surface area (Å²) in [6.07, 6.45) is 8.03. The van der Waals surface area contributed by atoms with Crippen LogP contribution in [0.2, 0.25) is 0 Å². The van der Waals surface area contributed by atoms with Gasteiger partial charge in [0.25, 0.3) is 0 Å². The summed E-state index contributed by atoms with van der Waals surface area (Å²) < 4.78 is 75.3. The predicted molar refractivity (Wildman–Crippen MR) is 411 cm³/mol. The maximum atomic E-state index is 13.2. The molecule has 7 aromatic rings. The van der Waals surface area contributed by atoms with Crippen molar-refractivity contribution in [1.29, 1.82) is 0 Å². The van der Waals surface area contributed by atoms with Crippen LogP contribution in [0.15, 0.2) is 133 Å². The Bertz CT molecular complexity index is 3990. The zero-order valence-corrected chi connectivity index (χ0v) is 61.2. The van der Waals surface area contributed by atoms with Gasteiger partial charge in [-0.1, -0.05) is 84.9 Å². The van der Waals surface area contributed by atoms with E-state index in [4.69, 9.17) is 86.5 Å². The van der Waals surface area contributed by atoms with Gasteiger partial charge in [0.2, 0.25) is 23.6 Å². The molecule has 30 heteroatoms. The first-order valence-corrected chi connectivity index (χ1v) is 36.1. The van der Waals surface area contributed by atoms with E-state index in [0.717, 1.165) is 78.0 Å². The van der Waals surface area contributed by atoms with Crippen molar-refractivity contribution in [2.24, 2.45) is 0 Å². The van der Waals surface area contributed by atoms with Crippen molar-refractivity contribution in [3.05, 3.63) is 156 Å². The molecule has 0 atom stereocenters. The van der Waals surface area contributed by atoms with Gasteiger partial charge < -0.3 is 108 Å². The number of nitrogens with zero attached hydrogens (tertiary/aromatic N) is 2. The van der Waals surface area contributed by atoms with E-state index in [1.807, 2.05) is 109 Å². The molecule has 2 aliphatic heterocycles. The summed E-state index contributed by atoms with van der Waals surface area (Å²) in [6.45, 7) is 5.61. The molecule has 586 valence electrons. The Morgan fingerprint density at radius 2 is 0.518 bits per heavy atom. The predicted octanol–water partition coefficient (Wildman–Crippen LogP) is 7.83. The first kappa shape index (κ1) is 83.8. The molecule has 0 unspecified atom stereocenters. The molecule has 110 heavy (non-hydrogen) atoms. The van der Waals surface area contributed by atoms with Crippen LogP contribution in [0.4, 0.5) is 11.4 Å². The molecule has 4 aromatic carbocycles. The van der Waals surface area contributed by atoms with Crippen molar-refractivity contribution in [1.82, 2.24) is 30.6 Å². The smallest absolute Gasteiger partial charge is 0.329 e. The first-order valence-electron chi connectivity index (χ1n) is 36.1. The molecule has 0 saturated carbocycles. The van der Waals surface area contributed by atoms with E-state index in [0.29, 0.717) is 128 Å². The maximum Gasteiger partial charge on any atom is 0.329 e. The van der Waals surface area contributed by atoms with Crippen LogP contribution in [0.3, 0.4) is 0 Å². The van der Waals surface area contributed by atoms with E-state index in [9.17, 15) is 28.8 Å². The lowest BCUT2D eigenvalue weighted by molar-refractivity contribution is -0.143. The van der Waals surface area contributed by atoms with E-state index in [2.05, 4.69) is 55.5 Å². The zero-order chi connectivity index (χ0) is 77.0. The number of H-pyrrole nitrogens is 2. The van der Waals surface area contributed by atoms with Crippen molar-refractivity contribution in [3.63, 3.8) is 0 Å². The summed E-state index contributed by atoms with van der Waals surface area (Å²) in [4.78, 5) is 90.7. The second kappa shape index (κ2) is 48.3. The Morgan fingerprint density at radius 1 is 0.273 bits per heavy atom. The van der Waals surface area contributed by atoms with Gasteiger partial charge >= 0.3 is 11.9 Å². The summed E-state index contributed by atoms with van der Waals surface area (Å²) in [5.74, 6) is -3.78. The minimum Gasteiger partial charge on any atom is -0.480 e. The summed E-state index contributed by atoms with van der Waals surface area (Å²) in [6, 6.07) is 43.2. The van der Waals surface area contributed by atoms with Gasteiger partial charge in [-0.15, -0.1) is 0 Å². The third-order valence-electron chi connectivity index (χ3n) is 16.0. The van der Waals surface area contributed by atoms with Gasteiger partial charge in [-0.25, -0.2) is 19.6 Å². The van der Waals surface area contributed by atoms with Gasteiger partial charge in [0.15, 0.2) is 0 Å². The average Bonchev–Trinajstić information content (AvgIpc) is 1.61. The van der Waals surface area contributed by atoms with Crippen molar-refractivity contribution in [2.75, 3.05) is 209 Å². The van der Waals surface area contributed by atoms with Crippen LogP contribution in [-0.2, 0) is 95.1 Å². The number of benzene rings is 4. The van der Waals surface area contributed by atoms with Crippen LogP contribution in [-0.4, -0.2) is 264 Å². The van der Waals surface area contributed by atoms with Gasteiger partial charge in [0.1, 0.15) is 39.6 Å². The quantitative estimate of drug-likeness (QED) is 0.0168. The number of aromatic amines is 2. The molecule has 0 radical (unpaired) electrons. The van der Waals surface area contributed by atoms with E-state index >= 15 is 0 Å². The number of hydrogen-bond donors (Lipinski definition) is 8. The van der Waals surface area contributed by atoms with E-state index in [-0.39, 0.29) is 92.4 Å². The van der Waals surface area contributed by atoms with Crippen LogP contribution in [0.1, 0.15) is 22.8 Å². The molecule has 2 aliphatic rings. The number of hydrogen-bond acceptors (Lipinski definition) is 22. The van der Waals surface area contributed by atoms with Gasteiger partial charge in [-0.05, 0) is 95.1 Å². The molecule has 8 bridgehead atoms. The number of rotatable bonds is 54. The molecule has 0 aliphatic carbocycles. The highest BCUT2D eigenvalue weighted by Crippen LogP contribution is 2.39. The molecular weight excluding hydrogens is 1420 g/mol. The summed E-state index contributed by atoms with van der Waals surface area (Å²) in [5, 5.41) is 28.3. The first-order chi connectivity index (χ1) is 53.9. The van der Waals surface area contributed by atoms with Crippen molar-refractivity contribution in [2.45, 2.75) is 0 Å². The molecule has 4 amide bonds. The van der Waals surface area contributed by atoms with Crippen LogP contribution >= 0.6 is 0 Å². The third kappa shape index (κ3) is 29.6. The number of aliphatic carboxylic acids is 2. The monoisotopic (exact) mass is 1520 g/mol. The Kier molecular flexibility index (Phi) is 36.8. The fourth-order valence-corrected chi connectivity index (χ4v) is 11.1. The van der Waals surface area contributed by atoms with Crippen LogP contribution in [0.5, 0.6) is 0 Å². The molecule has 0 spiro atoms. The van der Waals surface area contributed by atoms with Gasteiger partial charge in [-0.2, -0.15) is 0 Å². The largest absolute Gasteiger partial charge is 0.480 e. The minimum atomic E-state index is -1.03. The fraction of sp³-hybridized carbons (Fsp3) is 0.375. The number of aromatic nitrogens is 4. The van der Waals surface area contributed by atoms with Gasteiger partial charge in [-0.3, -0.25) is 19.2 Å². The molecular formula is C80H94N8O22. The van der Waals surface area contributed by atoms with Gasteiger partial charge in [0, 0.05) is 68.8 Å². The number of carboxylic acid groups (broad SMARTS) is 2. The summed E-state index contributed by atoms with van der Waals surface area (Å²) >= 11 is 0. The molecule has 5 heterocycles. The number of amides is 4. The van der Waals surface area contributed by atoms with E-state index in [1.54, 1.807) is 24.3 Å². The summed E-state index contributed by atoms with van der Waals surface area (Å²) in [5.41, 5.74) is 13.7. The number of nitrogens with one attached hydrogen (secondary N) is 6. The third-order valence-corrected chi connectivity index (χ3v) is 16.0. The van der Waals surface area contributed by atoms with Crippen molar-refractivity contribution < 1.29 is 105 Å². The maximum absolute atomic E-state index is 13.2. The SMILES string of the molecule is O=C(O)COCCOCCOCCOCCOCCOCCNC(=O)COCC(=O)Nc1ccc(-c2c3nc(c(-c4ccc(NC(=O)COCC(=O)NCCOCCOCCOCCOCCOCCOCC(=O)O)cc4)c4ccc([nH]4)c(-c4ccccc4)c4nc(c(-c5ccccc5)c5ccc2[nH]5)C=C4)C=C3)cc1. The topological polar surface area (TPSA) is 378 Å². The highest BCUT2D eigenvalue weighted by Gasteiger charge is 2.21. The average molecular weight is 1520 g/mol. The lowest BCUT2D eigenvalue weighted by atomic mass is 10.0. The standard InChI is InChI=1S/C80H94N8O22/c89-71(81-27-29-97-31-33-99-35-37-101-39-41-103-43-45-105-47-49-107-55-75(93)94)51-109-53-73(91)83-61-15-11-59(12-16-61)79-67-23-21-65(86-67)77(57-7-3-1-4-8-57)63-19-20-64(85-63)78(58-9-5-2-6-10-58)66-22-24-68(87-66)80(70-26-25-69(79)88-70)60-13-17-62(18-14-60)84-74(92)54-110-52-72(90)82-28-30-98-32-34-100-36-38-102-40-42-104-44-46-106-48-50-108-56-76(95)96/h1-26,86-87H,27-56H2,(H,81,89)(H,82,90)(H,83,91)(H,84,92)(H,93,94)(H,95,96). The van der Waals surface area contributed by atoms with Crippen LogP contribution in [0, 0.1) is 0 Å². The number of ether oxygens (including phenoxy) is 14. The molecule has 0 fully saturated rings. The second-order valence-corrected chi connectivity index (χ2v) is 24.2. The normalized spacial score (nSPS) is 11.6. The fourth-order valence-electron chi connectivity index (χ4n) is 11.1. The summed E-state index contributed by atoms with van der Waals surface area (Å²) in [7, 11) is 0. The molecule has 9 rings (SSSR count). The Hall–Kier alpha value is -10.3. The Labute approximate surface area is 636 Å². The number of carbonyl (C=O) groups excluding carboxylic acids is 4. The lowest BCUT2D eigenvalue weighted by Gasteiger charge is -2.10. The van der Waals surface area contributed by atoms with E-state index < -0.39 is 35.6 Å². The zero-order valence-electron chi connectivity index (χ0n) is 61.2.